The third-order valence-electron chi connectivity index (χ3n) is 3.31. The minimum Gasteiger partial charge on any atom is -0.444 e. The first-order valence-electron chi connectivity index (χ1n) is 7.91. The number of hydrogen-bond acceptors (Lipinski definition) is 4. The van der Waals surface area contributed by atoms with Gasteiger partial charge in [0.1, 0.15) is 5.60 Å². The molecule has 1 amide bonds. The molecule has 0 aliphatic heterocycles. The second-order valence-corrected chi connectivity index (χ2v) is 6.53. The number of amides is 1. The number of fused-ring (bicyclic) bond motifs is 1. The summed E-state index contributed by atoms with van der Waals surface area (Å²) in [5.41, 5.74) is 1.51. The Labute approximate surface area is 137 Å². The average molecular weight is 315 g/mol. The molecule has 0 radical (unpaired) electrons. The van der Waals surface area contributed by atoms with Gasteiger partial charge in [-0.15, -0.1) is 0 Å². The summed E-state index contributed by atoms with van der Waals surface area (Å²) in [5, 5.41) is 7.21. The summed E-state index contributed by atoms with van der Waals surface area (Å²) < 4.78 is 5.19. The number of carbonyl (C=O) groups excluding carboxylic acids is 1. The quantitative estimate of drug-likeness (QED) is 0.830. The zero-order valence-electron chi connectivity index (χ0n) is 14.2. The maximum absolute atomic E-state index is 11.5. The van der Waals surface area contributed by atoms with Crippen LogP contribution in [0.3, 0.4) is 0 Å². The maximum Gasteiger partial charge on any atom is 0.407 e. The van der Waals surface area contributed by atoms with Crippen LogP contribution in [0.5, 0.6) is 0 Å². The molecular weight excluding hydrogens is 290 g/mol. The minimum absolute atomic E-state index is 0.111. The minimum atomic E-state index is -0.472. The molecule has 0 bridgehead atoms. The van der Waals surface area contributed by atoms with Crippen LogP contribution in [0.2, 0.25) is 0 Å². The molecule has 0 aliphatic carbocycles. The summed E-state index contributed by atoms with van der Waals surface area (Å²) in [4.78, 5) is 16.2. The predicted octanol–water partition coefficient (Wildman–Crippen LogP) is 3.41. The zero-order chi connectivity index (χ0) is 16.9. The predicted molar refractivity (Wildman–Crippen MR) is 92.4 cm³/mol. The summed E-state index contributed by atoms with van der Waals surface area (Å²) in [6.07, 6.45) is -0.393. The van der Waals surface area contributed by atoms with E-state index in [4.69, 9.17) is 4.74 Å². The Bertz CT molecular complexity index is 665. The van der Waals surface area contributed by atoms with E-state index in [1.165, 1.54) is 0 Å². The highest BCUT2D eigenvalue weighted by molar-refractivity contribution is 5.78. The summed E-state index contributed by atoms with van der Waals surface area (Å²) in [6.45, 7) is 8.75. The van der Waals surface area contributed by atoms with Gasteiger partial charge in [-0.1, -0.05) is 24.3 Å². The van der Waals surface area contributed by atoms with E-state index in [9.17, 15) is 4.79 Å². The van der Waals surface area contributed by atoms with Gasteiger partial charge in [-0.2, -0.15) is 0 Å². The number of hydrogen-bond donors (Lipinski definition) is 2. The van der Waals surface area contributed by atoms with Gasteiger partial charge in [0.25, 0.3) is 0 Å². The fourth-order valence-corrected chi connectivity index (χ4v) is 2.19. The highest BCUT2D eigenvalue weighted by atomic mass is 16.6. The van der Waals surface area contributed by atoms with Crippen molar-refractivity contribution in [3.05, 3.63) is 42.1 Å². The number of benzene rings is 1. The van der Waals surface area contributed by atoms with Gasteiger partial charge in [-0.05, 0) is 39.8 Å². The van der Waals surface area contributed by atoms with Gasteiger partial charge >= 0.3 is 6.09 Å². The van der Waals surface area contributed by atoms with Crippen molar-refractivity contribution in [2.24, 2.45) is 0 Å². The monoisotopic (exact) mass is 315 g/mol. The van der Waals surface area contributed by atoms with Crippen LogP contribution < -0.4 is 10.6 Å². The highest BCUT2D eigenvalue weighted by Crippen LogP contribution is 2.16. The molecule has 1 heterocycles. The van der Waals surface area contributed by atoms with Gasteiger partial charge in [0.2, 0.25) is 0 Å². The van der Waals surface area contributed by atoms with Crippen molar-refractivity contribution in [1.82, 2.24) is 15.6 Å². The molecule has 124 valence electrons. The Hall–Kier alpha value is -2.14. The fourth-order valence-electron chi connectivity index (χ4n) is 2.19. The first-order chi connectivity index (χ1) is 10.8. The lowest BCUT2D eigenvalue weighted by molar-refractivity contribution is 0.0528. The molecule has 23 heavy (non-hydrogen) atoms. The Balaban J connectivity index is 1.80. The van der Waals surface area contributed by atoms with Crippen LogP contribution >= 0.6 is 0 Å². The van der Waals surface area contributed by atoms with Gasteiger partial charge in [0, 0.05) is 24.5 Å². The number of alkyl carbamates (subject to hydrolysis) is 1. The Morgan fingerprint density at radius 3 is 2.65 bits per heavy atom. The number of carbonyl (C=O) groups is 1. The number of ether oxygens (including phenoxy) is 1. The van der Waals surface area contributed by atoms with Crippen molar-refractivity contribution in [3.63, 3.8) is 0 Å². The zero-order valence-corrected chi connectivity index (χ0v) is 14.2. The molecule has 0 fully saturated rings. The number of pyridine rings is 1. The van der Waals surface area contributed by atoms with Crippen LogP contribution in [0.1, 0.15) is 39.4 Å². The van der Waals surface area contributed by atoms with E-state index in [-0.39, 0.29) is 6.04 Å². The molecule has 1 aromatic carbocycles. The molecule has 0 spiro atoms. The van der Waals surface area contributed by atoms with Crippen LogP contribution in [-0.2, 0) is 4.74 Å². The Morgan fingerprint density at radius 2 is 1.91 bits per heavy atom. The van der Waals surface area contributed by atoms with Gasteiger partial charge in [0.05, 0.1) is 11.2 Å². The lowest BCUT2D eigenvalue weighted by Crippen LogP contribution is -2.37. The second kappa shape index (κ2) is 7.42. The normalized spacial score (nSPS) is 12.9. The molecule has 5 heteroatoms. The molecule has 0 saturated carbocycles. The number of aromatic nitrogens is 1. The molecule has 1 atom stereocenters. The van der Waals surface area contributed by atoms with Gasteiger partial charge < -0.3 is 15.4 Å². The lowest BCUT2D eigenvalue weighted by Gasteiger charge is -2.20. The van der Waals surface area contributed by atoms with Crippen LogP contribution in [0.4, 0.5) is 4.79 Å². The Kier molecular flexibility index (Phi) is 5.55. The first kappa shape index (κ1) is 17.2. The SMILES string of the molecule is C[C@H](NCCNC(=O)OC(C)(C)C)c1ccc2ccccc2n1. The molecule has 0 saturated heterocycles. The Morgan fingerprint density at radius 1 is 1.17 bits per heavy atom. The van der Waals surface area contributed by atoms with Crippen molar-refractivity contribution in [1.29, 1.82) is 0 Å². The molecular formula is C18H25N3O2. The summed E-state index contributed by atoms with van der Waals surface area (Å²) in [6, 6.07) is 12.3. The molecule has 2 rings (SSSR count). The van der Waals surface area contributed by atoms with Crippen molar-refractivity contribution in [2.75, 3.05) is 13.1 Å². The molecule has 2 N–H and O–H groups in total. The van der Waals surface area contributed by atoms with Gasteiger partial charge in [-0.3, -0.25) is 4.98 Å². The standard InChI is InChI=1S/C18H25N3O2/c1-13(19-11-12-20-17(22)23-18(2,3)4)15-10-9-14-7-5-6-8-16(14)21-15/h5-10,13,19H,11-12H2,1-4H3,(H,20,22)/t13-/m0/s1. The smallest absolute Gasteiger partial charge is 0.407 e. The summed E-state index contributed by atoms with van der Waals surface area (Å²) in [7, 11) is 0. The molecule has 5 nitrogen and oxygen atoms in total. The fraction of sp³-hybridized carbons (Fsp3) is 0.444. The van der Waals surface area contributed by atoms with Gasteiger partial charge in [0.15, 0.2) is 0 Å². The van der Waals surface area contributed by atoms with Crippen LogP contribution in [0.15, 0.2) is 36.4 Å². The van der Waals surface area contributed by atoms with E-state index in [2.05, 4.69) is 34.7 Å². The van der Waals surface area contributed by atoms with Gasteiger partial charge in [-0.25, -0.2) is 4.79 Å². The average Bonchev–Trinajstić information content (AvgIpc) is 2.49. The van der Waals surface area contributed by atoms with Crippen molar-refractivity contribution in [2.45, 2.75) is 39.3 Å². The van der Waals surface area contributed by atoms with Crippen LogP contribution in [-0.4, -0.2) is 29.8 Å². The lowest BCUT2D eigenvalue weighted by atomic mass is 10.1. The third-order valence-corrected chi connectivity index (χ3v) is 3.31. The highest BCUT2D eigenvalue weighted by Gasteiger charge is 2.15. The number of nitrogens with one attached hydrogen (secondary N) is 2. The van der Waals surface area contributed by atoms with E-state index < -0.39 is 11.7 Å². The third kappa shape index (κ3) is 5.53. The van der Waals surface area contributed by atoms with E-state index in [1.54, 1.807) is 0 Å². The number of nitrogens with zero attached hydrogens (tertiary/aromatic N) is 1. The van der Waals surface area contributed by atoms with E-state index in [0.717, 1.165) is 16.6 Å². The maximum atomic E-state index is 11.5. The van der Waals surface area contributed by atoms with E-state index in [1.807, 2.05) is 45.0 Å². The summed E-state index contributed by atoms with van der Waals surface area (Å²) in [5.74, 6) is 0. The number of para-hydroxylation sites is 1. The van der Waals surface area contributed by atoms with E-state index >= 15 is 0 Å². The first-order valence-corrected chi connectivity index (χ1v) is 7.91. The number of rotatable bonds is 5. The largest absolute Gasteiger partial charge is 0.444 e. The topological polar surface area (TPSA) is 63.2 Å². The molecule has 0 unspecified atom stereocenters. The van der Waals surface area contributed by atoms with Crippen LogP contribution in [0.25, 0.3) is 10.9 Å². The van der Waals surface area contributed by atoms with E-state index in [0.29, 0.717) is 13.1 Å². The van der Waals surface area contributed by atoms with Crippen molar-refractivity contribution >= 4 is 17.0 Å². The van der Waals surface area contributed by atoms with Crippen molar-refractivity contribution < 1.29 is 9.53 Å². The molecule has 1 aromatic heterocycles. The summed E-state index contributed by atoms with van der Waals surface area (Å²) >= 11 is 0. The molecule has 2 aromatic rings. The molecule has 0 aliphatic rings. The van der Waals surface area contributed by atoms with Crippen molar-refractivity contribution in [3.8, 4) is 0 Å². The van der Waals surface area contributed by atoms with Crippen LogP contribution in [0, 0.1) is 0 Å². The second-order valence-electron chi connectivity index (χ2n) is 6.53.